The second-order valence-corrected chi connectivity index (χ2v) is 9.52. The lowest BCUT2D eigenvalue weighted by Gasteiger charge is -2.24. The lowest BCUT2D eigenvalue weighted by Crippen LogP contribution is -2.27. The van der Waals surface area contributed by atoms with Crippen LogP contribution in [0.3, 0.4) is 0 Å². The van der Waals surface area contributed by atoms with Crippen molar-refractivity contribution in [3.63, 3.8) is 0 Å². The number of aromatic amines is 1. The summed E-state index contributed by atoms with van der Waals surface area (Å²) < 4.78 is 6.81. The number of anilines is 1. The van der Waals surface area contributed by atoms with Crippen molar-refractivity contribution in [1.82, 2.24) is 24.5 Å². The first-order chi connectivity index (χ1) is 19.5. The van der Waals surface area contributed by atoms with Crippen LogP contribution in [0.1, 0.15) is 18.7 Å². The fourth-order valence-electron chi connectivity index (χ4n) is 4.93. The Morgan fingerprint density at radius 1 is 0.950 bits per heavy atom. The number of fused-ring (bicyclic) bond motifs is 2. The van der Waals surface area contributed by atoms with E-state index in [-0.39, 0.29) is 11.0 Å². The molecule has 0 aliphatic heterocycles. The summed E-state index contributed by atoms with van der Waals surface area (Å²) in [7, 11) is 1.55. The summed E-state index contributed by atoms with van der Waals surface area (Å²) in [6.07, 6.45) is 4.58. The average Bonchev–Trinajstić information content (AvgIpc) is 2.99. The Kier molecular flexibility index (Phi) is 6.49. The monoisotopic (exact) mass is 550 g/mol. The molecule has 6 rings (SSSR count). The van der Waals surface area contributed by atoms with Crippen LogP contribution in [-0.2, 0) is 0 Å². The van der Waals surface area contributed by atoms with Crippen molar-refractivity contribution >= 4 is 39.2 Å². The third-order valence-electron chi connectivity index (χ3n) is 6.77. The molecule has 2 N–H and O–H groups in total. The Bertz CT molecular complexity index is 1980. The molecule has 0 fully saturated rings. The standard InChI is InChI=1S/C30H23ClN6O3/c1-17(36-29-25-22(38)13-14-32-28(25)34-16-35-29)27-26(31)21-10-6-9-20(18-11-12-23(40-2)33-15-18)24(21)30(39)37(27)19-7-4-3-5-8-19/h3-17H,1-2H3,(H2,32,34,35,36,38)/t17-/m0/s1. The number of rotatable bonds is 6. The average molecular weight is 551 g/mol. The largest absolute Gasteiger partial charge is 0.481 e. The van der Waals surface area contributed by atoms with Gasteiger partial charge in [-0.1, -0.05) is 48.0 Å². The van der Waals surface area contributed by atoms with Gasteiger partial charge in [-0.25, -0.2) is 15.0 Å². The normalized spacial score (nSPS) is 12.0. The summed E-state index contributed by atoms with van der Waals surface area (Å²) in [6, 6.07) is 19.4. The maximum absolute atomic E-state index is 14.4. The summed E-state index contributed by atoms with van der Waals surface area (Å²) >= 11 is 7.15. The van der Waals surface area contributed by atoms with Gasteiger partial charge in [-0.3, -0.25) is 14.2 Å². The van der Waals surface area contributed by atoms with Crippen molar-refractivity contribution < 1.29 is 4.74 Å². The molecule has 0 bridgehead atoms. The van der Waals surface area contributed by atoms with Crippen LogP contribution in [0.25, 0.3) is 38.6 Å². The maximum Gasteiger partial charge on any atom is 0.263 e. The molecule has 198 valence electrons. The first kappa shape index (κ1) is 25.3. The third kappa shape index (κ3) is 4.26. The van der Waals surface area contributed by atoms with E-state index < -0.39 is 6.04 Å². The highest BCUT2D eigenvalue weighted by molar-refractivity contribution is 6.36. The Balaban J connectivity index is 1.60. The topological polar surface area (TPSA) is 115 Å². The van der Waals surface area contributed by atoms with E-state index in [0.29, 0.717) is 55.5 Å². The molecule has 0 saturated heterocycles. The Morgan fingerprint density at radius 3 is 2.52 bits per heavy atom. The van der Waals surface area contributed by atoms with Crippen LogP contribution >= 0.6 is 11.6 Å². The van der Waals surface area contributed by atoms with Crippen LogP contribution in [0.5, 0.6) is 5.88 Å². The van der Waals surface area contributed by atoms with E-state index >= 15 is 0 Å². The number of nitrogens with zero attached hydrogens (tertiary/aromatic N) is 4. The van der Waals surface area contributed by atoms with E-state index in [1.807, 2.05) is 61.5 Å². The number of H-pyrrole nitrogens is 1. The van der Waals surface area contributed by atoms with Gasteiger partial charge >= 0.3 is 0 Å². The predicted molar refractivity (Wildman–Crippen MR) is 157 cm³/mol. The van der Waals surface area contributed by atoms with E-state index in [0.717, 1.165) is 5.56 Å². The van der Waals surface area contributed by atoms with Gasteiger partial charge in [0.2, 0.25) is 5.88 Å². The van der Waals surface area contributed by atoms with Crippen molar-refractivity contribution in [3.8, 4) is 22.7 Å². The molecule has 10 heteroatoms. The minimum absolute atomic E-state index is 0.230. The van der Waals surface area contributed by atoms with Crippen molar-refractivity contribution in [1.29, 1.82) is 0 Å². The number of pyridine rings is 3. The predicted octanol–water partition coefficient (Wildman–Crippen LogP) is 5.52. The maximum atomic E-state index is 14.4. The van der Waals surface area contributed by atoms with Gasteiger partial charge in [0.25, 0.3) is 5.56 Å². The van der Waals surface area contributed by atoms with Gasteiger partial charge in [0.15, 0.2) is 5.43 Å². The molecule has 0 unspecified atom stereocenters. The highest BCUT2D eigenvalue weighted by atomic mass is 35.5. The molecular weight excluding hydrogens is 528 g/mol. The molecule has 0 aliphatic carbocycles. The molecule has 9 nitrogen and oxygen atoms in total. The Morgan fingerprint density at radius 2 is 1.77 bits per heavy atom. The number of methoxy groups -OCH3 is 1. The lowest BCUT2D eigenvalue weighted by atomic mass is 9.98. The van der Waals surface area contributed by atoms with Crippen molar-refractivity contribution in [2.45, 2.75) is 13.0 Å². The fourth-order valence-corrected chi connectivity index (χ4v) is 5.34. The van der Waals surface area contributed by atoms with Crippen LogP contribution in [0.2, 0.25) is 5.02 Å². The zero-order chi connectivity index (χ0) is 27.8. The van der Waals surface area contributed by atoms with Crippen LogP contribution in [0.4, 0.5) is 5.82 Å². The van der Waals surface area contributed by atoms with Gasteiger partial charge in [-0.2, -0.15) is 0 Å². The van der Waals surface area contributed by atoms with Gasteiger partial charge in [0, 0.05) is 41.2 Å². The zero-order valence-corrected chi connectivity index (χ0v) is 22.3. The van der Waals surface area contributed by atoms with Gasteiger partial charge < -0.3 is 15.0 Å². The van der Waals surface area contributed by atoms with Gasteiger partial charge in [-0.05, 0) is 30.7 Å². The number of benzene rings is 2. The molecule has 0 radical (unpaired) electrons. The third-order valence-corrected chi connectivity index (χ3v) is 7.16. The Labute approximate surface area is 233 Å². The van der Waals surface area contributed by atoms with Crippen LogP contribution in [0.15, 0.2) is 95.0 Å². The minimum atomic E-state index is -0.533. The highest BCUT2D eigenvalue weighted by Gasteiger charge is 2.24. The van der Waals surface area contributed by atoms with Crippen LogP contribution in [-0.4, -0.2) is 31.6 Å². The SMILES string of the molecule is COc1ccc(-c2cccc3c(Cl)c([C@H](C)Nc4ncnc5[nH]ccc(=O)c45)n(-c4ccccc4)c(=O)c23)cn1. The number of hydrogen-bond acceptors (Lipinski definition) is 7. The molecule has 40 heavy (non-hydrogen) atoms. The number of ether oxygens (including phenoxy) is 1. The molecule has 0 aliphatic rings. The second kappa shape index (κ2) is 10.3. The zero-order valence-electron chi connectivity index (χ0n) is 21.6. The first-order valence-electron chi connectivity index (χ1n) is 12.5. The number of hydrogen-bond donors (Lipinski definition) is 2. The van der Waals surface area contributed by atoms with E-state index in [9.17, 15) is 9.59 Å². The quantitative estimate of drug-likeness (QED) is 0.280. The van der Waals surface area contributed by atoms with E-state index in [1.54, 1.807) is 23.9 Å². The van der Waals surface area contributed by atoms with E-state index in [1.165, 1.54) is 18.6 Å². The number of nitrogens with one attached hydrogen (secondary N) is 2. The first-order valence-corrected chi connectivity index (χ1v) is 12.9. The fraction of sp³-hybridized carbons (Fsp3) is 0.100. The molecule has 2 aromatic carbocycles. The summed E-state index contributed by atoms with van der Waals surface area (Å²) in [4.78, 5) is 42.9. The number of halogens is 1. The van der Waals surface area contributed by atoms with Crippen molar-refractivity contribution in [2.75, 3.05) is 12.4 Å². The van der Waals surface area contributed by atoms with Crippen LogP contribution in [0, 0.1) is 0 Å². The lowest BCUT2D eigenvalue weighted by molar-refractivity contribution is 0.398. The van der Waals surface area contributed by atoms with Gasteiger partial charge in [-0.15, -0.1) is 0 Å². The molecule has 4 heterocycles. The summed E-state index contributed by atoms with van der Waals surface area (Å²) in [6.45, 7) is 1.87. The summed E-state index contributed by atoms with van der Waals surface area (Å²) in [5.41, 5.74) is 2.55. The molecular formula is C30H23ClN6O3. The van der Waals surface area contributed by atoms with Gasteiger partial charge in [0.05, 0.1) is 29.3 Å². The molecule has 0 amide bonds. The second-order valence-electron chi connectivity index (χ2n) is 9.15. The van der Waals surface area contributed by atoms with Crippen molar-refractivity contribution in [2.24, 2.45) is 0 Å². The smallest absolute Gasteiger partial charge is 0.263 e. The van der Waals surface area contributed by atoms with E-state index in [2.05, 4.69) is 25.3 Å². The highest BCUT2D eigenvalue weighted by Crippen LogP contribution is 2.36. The summed E-state index contributed by atoms with van der Waals surface area (Å²) in [5, 5.41) is 5.08. The molecule has 0 spiro atoms. The Hall–Kier alpha value is -5.02. The number of aromatic nitrogens is 5. The van der Waals surface area contributed by atoms with Crippen LogP contribution < -0.4 is 21.0 Å². The van der Waals surface area contributed by atoms with Crippen molar-refractivity contribution in [3.05, 3.63) is 117 Å². The van der Waals surface area contributed by atoms with E-state index in [4.69, 9.17) is 16.3 Å². The molecule has 4 aromatic heterocycles. The van der Waals surface area contributed by atoms with Gasteiger partial charge in [0.1, 0.15) is 23.2 Å². The number of para-hydroxylation sites is 1. The minimum Gasteiger partial charge on any atom is -0.481 e. The molecule has 0 saturated carbocycles. The summed E-state index contributed by atoms with van der Waals surface area (Å²) in [5.74, 6) is 0.808. The molecule has 6 aromatic rings. The molecule has 1 atom stereocenters.